The summed E-state index contributed by atoms with van der Waals surface area (Å²) in [5.41, 5.74) is 2.32. The maximum atomic E-state index is 12.9. The lowest BCUT2D eigenvalue weighted by Gasteiger charge is -2.40. The van der Waals surface area contributed by atoms with Gasteiger partial charge in [0, 0.05) is 25.2 Å². The molecule has 3 rings (SSSR count). The molecule has 0 N–H and O–H groups in total. The zero-order valence-corrected chi connectivity index (χ0v) is 14.6. The van der Waals surface area contributed by atoms with Gasteiger partial charge in [-0.25, -0.2) is 0 Å². The molecule has 0 saturated carbocycles. The molecular formula is C18H23N3O3. The van der Waals surface area contributed by atoms with E-state index in [2.05, 4.69) is 23.2 Å². The van der Waals surface area contributed by atoms with Gasteiger partial charge >= 0.3 is 0 Å². The highest BCUT2D eigenvalue weighted by Gasteiger charge is 2.32. The summed E-state index contributed by atoms with van der Waals surface area (Å²) >= 11 is 0. The average molecular weight is 329 g/mol. The van der Waals surface area contributed by atoms with Crippen molar-refractivity contribution in [1.82, 2.24) is 15.0 Å². The Morgan fingerprint density at radius 1 is 1.29 bits per heavy atom. The molecule has 1 aromatic carbocycles. The van der Waals surface area contributed by atoms with Gasteiger partial charge in [-0.2, -0.15) is 0 Å². The minimum absolute atomic E-state index is 0.0146. The van der Waals surface area contributed by atoms with Gasteiger partial charge in [-0.3, -0.25) is 9.69 Å². The van der Waals surface area contributed by atoms with Gasteiger partial charge in [-0.1, -0.05) is 23.4 Å². The first-order chi connectivity index (χ1) is 11.5. The van der Waals surface area contributed by atoms with E-state index in [4.69, 9.17) is 9.26 Å². The van der Waals surface area contributed by atoms with E-state index in [1.54, 1.807) is 21.0 Å². The van der Waals surface area contributed by atoms with E-state index < -0.39 is 0 Å². The molecule has 1 aromatic heterocycles. The van der Waals surface area contributed by atoms with Crippen LogP contribution in [0.1, 0.15) is 33.4 Å². The number of hydrogen-bond acceptors (Lipinski definition) is 5. The lowest BCUT2D eigenvalue weighted by atomic mass is 10.0. The molecule has 1 saturated heterocycles. The lowest BCUT2D eigenvalue weighted by Crippen LogP contribution is -2.49. The summed E-state index contributed by atoms with van der Waals surface area (Å²) in [6.07, 6.45) is 0. The maximum absolute atomic E-state index is 12.9. The highest BCUT2D eigenvalue weighted by Crippen LogP contribution is 2.31. The fourth-order valence-corrected chi connectivity index (χ4v) is 3.28. The van der Waals surface area contributed by atoms with Crippen LogP contribution in [0.15, 0.2) is 28.8 Å². The summed E-state index contributed by atoms with van der Waals surface area (Å²) in [5, 5.41) is 3.90. The summed E-state index contributed by atoms with van der Waals surface area (Å²) in [6.45, 7) is 5.68. The van der Waals surface area contributed by atoms with E-state index in [1.165, 1.54) is 0 Å². The van der Waals surface area contributed by atoms with E-state index >= 15 is 0 Å². The highest BCUT2D eigenvalue weighted by atomic mass is 16.5. The van der Waals surface area contributed by atoms with Crippen molar-refractivity contribution in [2.45, 2.75) is 19.9 Å². The molecule has 2 aromatic rings. The number of carbonyl (C=O) groups excluding carboxylic acids is 1. The van der Waals surface area contributed by atoms with Crippen LogP contribution >= 0.6 is 0 Å². The number of likely N-dealkylation sites (N-methyl/N-ethyl adjacent to an activating group) is 1. The van der Waals surface area contributed by atoms with E-state index in [0.717, 1.165) is 17.9 Å². The molecule has 1 atom stereocenters. The molecule has 0 unspecified atom stereocenters. The quantitative estimate of drug-likeness (QED) is 0.865. The van der Waals surface area contributed by atoms with E-state index in [9.17, 15) is 4.79 Å². The molecule has 1 amide bonds. The Bertz CT molecular complexity index is 721. The van der Waals surface area contributed by atoms with Gasteiger partial charge < -0.3 is 14.2 Å². The number of rotatable bonds is 3. The van der Waals surface area contributed by atoms with Crippen molar-refractivity contribution >= 4 is 5.91 Å². The summed E-state index contributed by atoms with van der Waals surface area (Å²) in [6, 6.07) is 8.07. The number of nitrogens with zero attached hydrogens (tertiary/aromatic N) is 3. The number of aryl methyl sites for hydroxylation is 2. The molecule has 6 nitrogen and oxygen atoms in total. The first kappa shape index (κ1) is 16.5. The minimum atomic E-state index is -0.0146. The summed E-state index contributed by atoms with van der Waals surface area (Å²) in [4.78, 5) is 17.1. The third-order valence-electron chi connectivity index (χ3n) is 4.68. The van der Waals surface area contributed by atoms with Gasteiger partial charge in [0.05, 0.1) is 18.8 Å². The average Bonchev–Trinajstić information content (AvgIpc) is 2.93. The summed E-state index contributed by atoms with van der Waals surface area (Å²) in [7, 11) is 3.75. The van der Waals surface area contributed by atoms with Crippen LogP contribution in [0.25, 0.3) is 0 Å². The number of piperazine rings is 1. The van der Waals surface area contributed by atoms with Gasteiger partial charge in [0.2, 0.25) is 0 Å². The molecule has 1 aliphatic heterocycles. The maximum Gasteiger partial charge on any atom is 0.259 e. The highest BCUT2D eigenvalue weighted by molar-refractivity contribution is 5.96. The van der Waals surface area contributed by atoms with Crippen LogP contribution in [-0.4, -0.2) is 54.7 Å². The molecule has 24 heavy (non-hydrogen) atoms. The second kappa shape index (κ2) is 6.65. The predicted octanol–water partition coefficient (Wildman–Crippen LogP) is 2.43. The van der Waals surface area contributed by atoms with E-state index in [1.807, 2.05) is 23.1 Å². The Labute approximate surface area is 142 Å². The zero-order valence-electron chi connectivity index (χ0n) is 14.6. The Morgan fingerprint density at radius 3 is 2.71 bits per heavy atom. The molecule has 6 heteroatoms. The third kappa shape index (κ3) is 2.89. The van der Waals surface area contributed by atoms with Gasteiger partial charge in [0.1, 0.15) is 17.1 Å². The zero-order chi connectivity index (χ0) is 17.3. The van der Waals surface area contributed by atoms with Crippen LogP contribution < -0.4 is 4.74 Å². The monoisotopic (exact) mass is 329 g/mol. The lowest BCUT2D eigenvalue weighted by molar-refractivity contribution is 0.0540. The molecule has 0 aliphatic carbocycles. The minimum Gasteiger partial charge on any atom is -0.496 e. The number of carbonyl (C=O) groups is 1. The van der Waals surface area contributed by atoms with Gasteiger partial charge in [0.25, 0.3) is 5.91 Å². The normalized spacial score (nSPS) is 18.7. The van der Waals surface area contributed by atoms with Crippen LogP contribution in [0.2, 0.25) is 0 Å². The van der Waals surface area contributed by atoms with E-state index in [-0.39, 0.29) is 11.9 Å². The predicted molar refractivity (Wildman–Crippen MR) is 90.2 cm³/mol. The van der Waals surface area contributed by atoms with Crippen molar-refractivity contribution in [3.63, 3.8) is 0 Å². The van der Waals surface area contributed by atoms with Crippen molar-refractivity contribution in [2.75, 3.05) is 33.8 Å². The van der Waals surface area contributed by atoms with Crippen molar-refractivity contribution < 1.29 is 14.1 Å². The van der Waals surface area contributed by atoms with Crippen molar-refractivity contribution in [2.24, 2.45) is 0 Å². The standard InChI is InChI=1S/C18H23N3O3/c1-12-17(13(2)24-19-12)18(22)21-10-9-20(3)15(11-21)14-7-5-6-8-16(14)23-4/h5-8,15H,9-11H2,1-4H3/t15-/m1/s1. The Balaban J connectivity index is 1.87. The van der Waals surface area contributed by atoms with Crippen LogP contribution in [-0.2, 0) is 0 Å². The molecule has 0 spiro atoms. The Hall–Kier alpha value is -2.34. The van der Waals surface area contributed by atoms with E-state index in [0.29, 0.717) is 30.1 Å². The second-order valence-electron chi connectivity index (χ2n) is 6.19. The fraction of sp³-hybridized carbons (Fsp3) is 0.444. The number of para-hydroxylation sites is 1. The van der Waals surface area contributed by atoms with Gasteiger partial charge in [-0.15, -0.1) is 0 Å². The fourth-order valence-electron chi connectivity index (χ4n) is 3.28. The number of amides is 1. The Kier molecular flexibility index (Phi) is 4.57. The van der Waals surface area contributed by atoms with Gasteiger partial charge in [-0.05, 0) is 27.0 Å². The summed E-state index contributed by atoms with van der Waals surface area (Å²) in [5.74, 6) is 1.41. The van der Waals surface area contributed by atoms with Crippen molar-refractivity contribution in [1.29, 1.82) is 0 Å². The smallest absolute Gasteiger partial charge is 0.259 e. The molecule has 1 aliphatic rings. The van der Waals surface area contributed by atoms with Crippen molar-refractivity contribution in [3.05, 3.63) is 46.8 Å². The number of ether oxygens (including phenoxy) is 1. The second-order valence-corrected chi connectivity index (χ2v) is 6.19. The van der Waals surface area contributed by atoms with Crippen LogP contribution in [0, 0.1) is 13.8 Å². The SMILES string of the molecule is COc1ccccc1[C@H]1CN(C(=O)c2c(C)noc2C)CCN1C. The van der Waals surface area contributed by atoms with Gasteiger partial charge in [0.15, 0.2) is 0 Å². The molecule has 1 fully saturated rings. The largest absolute Gasteiger partial charge is 0.496 e. The number of benzene rings is 1. The Morgan fingerprint density at radius 2 is 2.04 bits per heavy atom. The number of hydrogen-bond donors (Lipinski definition) is 0. The molecule has 128 valence electrons. The van der Waals surface area contributed by atoms with Crippen LogP contribution in [0.4, 0.5) is 0 Å². The molecule has 2 heterocycles. The molecule has 0 radical (unpaired) electrons. The molecular weight excluding hydrogens is 306 g/mol. The molecule has 0 bridgehead atoms. The van der Waals surface area contributed by atoms with Crippen molar-refractivity contribution in [3.8, 4) is 5.75 Å². The number of methoxy groups -OCH3 is 1. The van der Waals surface area contributed by atoms with Crippen LogP contribution in [0.5, 0.6) is 5.75 Å². The number of aromatic nitrogens is 1. The van der Waals surface area contributed by atoms with Crippen LogP contribution in [0.3, 0.4) is 0 Å². The topological polar surface area (TPSA) is 58.8 Å². The third-order valence-corrected chi connectivity index (χ3v) is 4.68. The first-order valence-electron chi connectivity index (χ1n) is 8.08. The summed E-state index contributed by atoms with van der Waals surface area (Å²) < 4.78 is 10.6. The first-order valence-corrected chi connectivity index (χ1v) is 8.08.